The zero-order valence-electron chi connectivity index (χ0n) is 11.8. The fraction of sp³-hybridized carbons (Fsp3) is 0.625. The summed E-state index contributed by atoms with van der Waals surface area (Å²) in [6, 6.07) is 8.71. The topological polar surface area (TPSA) is 32.7 Å². The van der Waals surface area contributed by atoms with E-state index in [1.165, 1.54) is 18.4 Å². The first-order valence-electron chi connectivity index (χ1n) is 7.31. The summed E-state index contributed by atoms with van der Waals surface area (Å²) in [6.45, 7) is 2.55. The molecule has 0 aliphatic carbocycles. The van der Waals surface area contributed by atoms with Gasteiger partial charge in [0.2, 0.25) is 0 Å². The molecule has 0 aromatic heterocycles. The van der Waals surface area contributed by atoms with E-state index >= 15 is 0 Å². The van der Waals surface area contributed by atoms with Gasteiger partial charge >= 0.3 is 0 Å². The monoisotopic (exact) mass is 263 g/mol. The highest BCUT2D eigenvalue weighted by Crippen LogP contribution is 2.18. The van der Waals surface area contributed by atoms with Crippen molar-refractivity contribution in [3.05, 3.63) is 29.8 Å². The molecular weight excluding hydrogens is 238 g/mol. The van der Waals surface area contributed by atoms with E-state index in [9.17, 15) is 5.11 Å². The molecule has 2 rings (SSSR count). The Morgan fingerprint density at radius 1 is 1.26 bits per heavy atom. The maximum atomic E-state index is 9.38. The van der Waals surface area contributed by atoms with E-state index in [4.69, 9.17) is 4.74 Å². The fourth-order valence-corrected chi connectivity index (χ4v) is 2.84. The molecule has 1 aromatic rings. The molecule has 1 N–H and O–H groups in total. The summed E-state index contributed by atoms with van der Waals surface area (Å²) in [5, 5.41) is 9.38. The number of nitrogens with zero attached hydrogens (tertiary/aromatic N) is 1. The van der Waals surface area contributed by atoms with Crippen LogP contribution in [0.4, 0.5) is 0 Å². The van der Waals surface area contributed by atoms with E-state index in [1.807, 2.05) is 12.1 Å². The van der Waals surface area contributed by atoms with Gasteiger partial charge in [0.05, 0.1) is 13.7 Å². The second-order valence-electron chi connectivity index (χ2n) is 5.32. The summed E-state index contributed by atoms with van der Waals surface area (Å²) in [7, 11) is 1.69. The molecule has 0 saturated carbocycles. The molecule has 0 amide bonds. The number of methoxy groups -OCH3 is 1. The van der Waals surface area contributed by atoms with Gasteiger partial charge in [-0.3, -0.25) is 4.90 Å². The molecule has 1 saturated heterocycles. The number of rotatable bonds is 6. The summed E-state index contributed by atoms with van der Waals surface area (Å²) in [5.74, 6) is 0.917. The normalized spacial score (nSPS) is 20.4. The predicted molar refractivity (Wildman–Crippen MR) is 77.6 cm³/mol. The third-order valence-electron chi connectivity index (χ3n) is 4.03. The van der Waals surface area contributed by atoms with Crippen LogP contribution >= 0.6 is 0 Å². The zero-order valence-corrected chi connectivity index (χ0v) is 11.8. The van der Waals surface area contributed by atoms with Crippen LogP contribution in [-0.2, 0) is 6.42 Å². The first kappa shape index (κ1) is 14.4. The van der Waals surface area contributed by atoms with E-state index in [1.54, 1.807) is 7.11 Å². The number of hydrogen-bond donors (Lipinski definition) is 1. The van der Waals surface area contributed by atoms with Crippen LogP contribution in [0.15, 0.2) is 24.3 Å². The predicted octanol–water partition coefficient (Wildman–Crippen LogP) is 2.47. The van der Waals surface area contributed by atoms with Gasteiger partial charge in [-0.25, -0.2) is 0 Å². The van der Waals surface area contributed by atoms with Gasteiger partial charge in [0.25, 0.3) is 0 Å². The van der Waals surface area contributed by atoms with Crippen LogP contribution in [0.3, 0.4) is 0 Å². The summed E-state index contributed by atoms with van der Waals surface area (Å²) < 4.78 is 5.16. The van der Waals surface area contributed by atoms with E-state index in [-0.39, 0.29) is 0 Å². The minimum absolute atomic E-state index is 0.308. The van der Waals surface area contributed by atoms with E-state index in [0.29, 0.717) is 12.6 Å². The standard InChI is InChI=1S/C16H25NO2/c1-19-16-9-7-14(8-10-16)5-4-12-17-11-3-2-6-15(17)13-18/h7-10,15,18H,2-6,11-13H2,1H3. The number of piperidine rings is 1. The van der Waals surface area contributed by atoms with E-state index in [2.05, 4.69) is 17.0 Å². The molecule has 1 aliphatic rings. The van der Waals surface area contributed by atoms with Crippen molar-refractivity contribution in [3.63, 3.8) is 0 Å². The van der Waals surface area contributed by atoms with Crippen molar-refractivity contribution in [3.8, 4) is 5.75 Å². The van der Waals surface area contributed by atoms with E-state index < -0.39 is 0 Å². The maximum Gasteiger partial charge on any atom is 0.118 e. The Kier molecular flexibility index (Phi) is 5.67. The second-order valence-corrected chi connectivity index (χ2v) is 5.32. The Bertz CT molecular complexity index is 364. The number of aliphatic hydroxyl groups is 1. The molecule has 1 aliphatic heterocycles. The zero-order chi connectivity index (χ0) is 13.5. The third kappa shape index (κ3) is 4.22. The Morgan fingerprint density at radius 2 is 2.05 bits per heavy atom. The third-order valence-corrected chi connectivity index (χ3v) is 4.03. The molecule has 1 aromatic carbocycles. The Morgan fingerprint density at radius 3 is 2.74 bits per heavy atom. The average Bonchev–Trinajstić information content (AvgIpc) is 2.48. The van der Waals surface area contributed by atoms with Crippen LogP contribution in [0.25, 0.3) is 0 Å². The van der Waals surface area contributed by atoms with Crippen LogP contribution in [-0.4, -0.2) is 42.9 Å². The largest absolute Gasteiger partial charge is 0.497 e. The molecular formula is C16H25NO2. The van der Waals surface area contributed by atoms with Gasteiger partial charge in [0.1, 0.15) is 5.75 Å². The van der Waals surface area contributed by atoms with Crippen molar-refractivity contribution in [1.29, 1.82) is 0 Å². The number of aryl methyl sites for hydroxylation is 1. The second kappa shape index (κ2) is 7.51. The molecule has 1 unspecified atom stereocenters. The molecule has 0 spiro atoms. The molecule has 3 heteroatoms. The van der Waals surface area contributed by atoms with Gasteiger partial charge in [-0.05, 0) is 56.5 Å². The van der Waals surface area contributed by atoms with Crippen molar-refractivity contribution >= 4 is 0 Å². The number of benzene rings is 1. The number of aliphatic hydroxyl groups excluding tert-OH is 1. The van der Waals surface area contributed by atoms with Crippen molar-refractivity contribution in [1.82, 2.24) is 4.90 Å². The van der Waals surface area contributed by atoms with Crippen LogP contribution in [0.1, 0.15) is 31.2 Å². The SMILES string of the molecule is COc1ccc(CCCN2CCCCC2CO)cc1. The van der Waals surface area contributed by atoms with Crippen LogP contribution in [0.5, 0.6) is 5.75 Å². The van der Waals surface area contributed by atoms with Gasteiger partial charge in [-0.2, -0.15) is 0 Å². The minimum Gasteiger partial charge on any atom is -0.497 e. The average molecular weight is 263 g/mol. The van der Waals surface area contributed by atoms with E-state index in [0.717, 1.165) is 38.1 Å². The summed E-state index contributed by atoms with van der Waals surface area (Å²) in [6.07, 6.45) is 5.94. The lowest BCUT2D eigenvalue weighted by atomic mass is 10.0. The first-order valence-corrected chi connectivity index (χ1v) is 7.31. The lowest BCUT2D eigenvalue weighted by Crippen LogP contribution is -2.42. The number of hydrogen-bond acceptors (Lipinski definition) is 3. The number of ether oxygens (including phenoxy) is 1. The summed E-state index contributed by atoms with van der Waals surface area (Å²) >= 11 is 0. The molecule has 3 nitrogen and oxygen atoms in total. The lowest BCUT2D eigenvalue weighted by molar-refractivity contribution is 0.0893. The van der Waals surface area contributed by atoms with Gasteiger partial charge in [0.15, 0.2) is 0 Å². The maximum absolute atomic E-state index is 9.38. The quantitative estimate of drug-likeness (QED) is 0.856. The van der Waals surface area contributed by atoms with Crippen LogP contribution in [0.2, 0.25) is 0 Å². The van der Waals surface area contributed by atoms with Crippen LogP contribution < -0.4 is 4.74 Å². The highest BCUT2D eigenvalue weighted by molar-refractivity contribution is 5.27. The minimum atomic E-state index is 0.308. The smallest absolute Gasteiger partial charge is 0.118 e. The highest BCUT2D eigenvalue weighted by atomic mass is 16.5. The molecule has 19 heavy (non-hydrogen) atoms. The van der Waals surface area contributed by atoms with Crippen molar-refractivity contribution in [2.24, 2.45) is 0 Å². The molecule has 1 atom stereocenters. The van der Waals surface area contributed by atoms with Gasteiger partial charge in [-0.1, -0.05) is 18.6 Å². The molecule has 1 heterocycles. The Hall–Kier alpha value is -1.06. The van der Waals surface area contributed by atoms with Crippen molar-refractivity contribution in [2.45, 2.75) is 38.1 Å². The summed E-state index contributed by atoms with van der Waals surface area (Å²) in [5.41, 5.74) is 1.36. The van der Waals surface area contributed by atoms with Gasteiger partial charge < -0.3 is 9.84 Å². The highest BCUT2D eigenvalue weighted by Gasteiger charge is 2.20. The number of likely N-dealkylation sites (tertiary alicyclic amines) is 1. The first-order chi connectivity index (χ1) is 9.33. The summed E-state index contributed by atoms with van der Waals surface area (Å²) in [4.78, 5) is 2.45. The fourth-order valence-electron chi connectivity index (χ4n) is 2.84. The van der Waals surface area contributed by atoms with Gasteiger partial charge in [0, 0.05) is 6.04 Å². The van der Waals surface area contributed by atoms with Gasteiger partial charge in [-0.15, -0.1) is 0 Å². The lowest BCUT2D eigenvalue weighted by Gasteiger charge is -2.34. The molecule has 0 radical (unpaired) electrons. The van der Waals surface area contributed by atoms with Crippen molar-refractivity contribution < 1.29 is 9.84 Å². The van der Waals surface area contributed by atoms with Crippen LogP contribution in [0, 0.1) is 0 Å². The molecule has 106 valence electrons. The molecule has 1 fully saturated rings. The van der Waals surface area contributed by atoms with Crippen molar-refractivity contribution in [2.75, 3.05) is 26.8 Å². The molecule has 0 bridgehead atoms. The Balaban J connectivity index is 1.75. The Labute approximate surface area is 116 Å².